The van der Waals surface area contributed by atoms with E-state index in [4.69, 9.17) is 5.73 Å². The molecule has 0 aromatic rings. The molecule has 1 heteroatoms. The van der Waals surface area contributed by atoms with Gasteiger partial charge in [-0.2, -0.15) is 0 Å². The van der Waals surface area contributed by atoms with Crippen molar-refractivity contribution in [3.05, 3.63) is 23.4 Å². The van der Waals surface area contributed by atoms with Crippen molar-refractivity contribution in [3.63, 3.8) is 0 Å². The van der Waals surface area contributed by atoms with Crippen LogP contribution in [-0.4, -0.2) is 0 Å². The highest BCUT2D eigenvalue weighted by molar-refractivity contribution is 5.14. The van der Waals surface area contributed by atoms with Gasteiger partial charge in [0.15, 0.2) is 0 Å². The summed E-state index contributed by atoms with van der Waals surface area (Å²) in [7, 11) is 0. The van der Waals surface area contributed by atoms with Gasteiger partial charge in [-0.15, -0.1) is 0 Å². The van der Waals surface area contributed by atoms with Crippen LogP contribution in [0.25, 0.3) is 0 Å². The molecule has 1 nitrogen and oxygen atoms in total. The Hall–Kier alpha value is -0.720. The van der Waals surface area contributed by atoms with Crippen LogP contribution in [0.3, 0.4) is 0 Å². The normalized spacial score (nSPS) is 14.4. The van der Waals surface area contributed by atoms with Gasteiger partial charge in [0.25, 0.3) is 0 Å². The van der Waals surface area contributed by atoms with Crippen LogP contribution in [0.1, 0.15) is 48.0 Å². The molecule has 0 saturated heterocycles. The summed E-state index contributed by atoms with van der Waals surface area (Å²) < 4.78 is 0. The summed E-state index contributed by atoms with van der Waals surface area (Å²) in [6.07, 6.45) is 5.45. The van der Waals surface area contributed by atoms with Crippen LogP contribution >= 0.6 is 0 Å². The first-order valence-corrected chi connectivity index (χ1v) is 5.37. The largest absolute Gasteiger partial charge is 0.402 e. The molecule has 0 aliphatic rings. The lowest BCUT2D eigenvalue weighted by molar-refractivity contribution is 0.356. The molecule has 0 heterocycles. The quantitative estimate of drug-likeness (QED) is 0.677. The lowest BCUT2D eigenvalue weighted by Gasteiger charge is -2.28. The maximum Gasteiger partial charge on any atom is 0.0124 e. The van der Waals surface area contributed by atoms with Crippen molar-refractivity contribution in [2.45, 2.75) is 48.0 Å². The van der Waals surface area contributed by atoms with Gasteiger partial charge in [-0.25, -0.2) is 0 Å². The highest BCUT2D eigenvalue weighted by Gasteiger charge is 2.23. The van der Waals surface area contributed by atoms with E-state index in [2.05, 4.69) is 53.7 Å². The van der Waals surface area contributed by atoms with Crippen LogP contribution in [0.4, 0.5) is 0 Å². The summed E-state index contributed by atoms with van der Waals surface area (Å²) >= 11 is 0. The molecule has 1 unspecified atom stereocenters. The SMILES string of the molecule is C/C=C\C(C)CC(C)(C)C(N)=C(C)C. The minimum Gasteiger partial charge on any atom is -0.402 e. The summed E-state index contributed by atoms with van der Waals surface area (Å²) in [5.41, 5.74) is 8.48. The van der Waals surface area contributed by atoms with Crippen molar-refractivity contribution in [3.8, 4) is 0 Å². The van der Waals surface area contributed by atoms with E-state index in [0.717, 1.165) is 12.1 Å². The first-order valence-electron chi connectivity index (χ1n) is 5.37. The maximum atomic E-state index is 6.09. The molecule has 2 N–H and O–H groups in total. The zero-order valence-electron chi connectivity index (χ0n) is 10.5. The molecule has 0 aromatic carbocycles. The second kappa shape index (κ2) is 5.23. The van der Waals surface area contributed by atoms with E-state index in [9.17, 15) is 0 Å². The third-order valence-electron chi connectivity index (χ3n) is 2.62. The van der Waals surface area contributed by atoms with Crippen molar-refractivity contribution in [2.24, 2.45) is 17.1 Å². The molecule has 0 spiro atoms. The predicted octanol–water partition coefficient (Wildman–Crippen LogP) is 3.87. The molecule has 0 fully saturated rings. The minimum absolute atomic E-state index is 0.109. The zero-order valence-corrected chi connectivity index (χ0v) is 10.5. The van der Waals surface area contributed by atoms with Gasteiger partial charge < -0.3 is 5.73 Å². The molecule has 0 bridgehead atoms. The van der Waals surface area contributed by atoms with Gasteiger partial charge in [0, 0.05) is 11.1 Å². The van der Waals surface area contributed by atoms with E-state index in [0.29, 0.717) is 5.92 Å². The second-order valence-electron chi connectivity index (χ2n) is 5.00. The van der Waals surface area contributed by atoms with Crippen LogP contribution in [0, 0.1) is 11.3 Å². The van der Waals surface area contributed by atoms with Gasteiger partial charge in [-0.3, -0.25) is 0 Å². The highest BCUT2D eigenvalue weighted by atomic mass is 14.6. The van der Waals surface area contributed by atoms with Crippen molar-refractivity contribution >= 4 is 0 Å². The molecule has 1 atom stereocenters. The lowest BCUT2D eigenvalue weighted by Crippen LogP contribution is -2.24. The smallest absolute Gasteiger partial charge is 0.0124 e. The molecule has 0 aromatic heterocycles. The standard InChI is InChI=1S/C13H25N/c1-7-8-11(4)9-13(5,6)12(14)10(2)3/h7-8,11H,9,14H2,1-6H3/b8-7-. The third-order valence-corrected chi connectivity index (χ3v) is 2.62. The van der Waals surface area contributed by atoms with E-state index < -0.39 is 0 Å². The Kier molecular flexibility index (Phi) is 4.96. The number of nitrogens with two attached hydrogens (primary N) is 1. The molecule has 0 aliphatic carbocycles. The Morgan fingerprint density at radius 2 is 1.86 bits per heavy atom. The van der Waals surface area contributed by atoms with E-state index in [1.54, 1.807) is 0 Å². The fourth-order valence-electron chi connectivity index (χ4n) is 1.99. The topological polar surface area (TPSA) is 26.0 Å². The summed E-state index contributed by atoms with van der Waals surface area (Å²) in [5.74, 6) is 0.591. The van der Waals surface area contributed by atoms with Gasteiger partial charge in [-0.1, -0.05) is 38.5 Å². The van der Waals surface area contributed by atoms with Crippen LogP contribution in [0.5, 0.6) is 0 Å². The molecule has 0 rings (SSSR count). The van der Waals surface area contributed by atoms with Crippen molar-refractivity contribution in [2.75, 3.05) is 0 Å². The summed E-state index contributed by atoms with van der Waals surface area (Å²) in [5, 5.41) is 0. The Morgan fingerprint density at radius 3 is 2.21 bits per heavy atom. The molecule has 82 valence electrons. The summed E-state index contributed by atoms with van der Waals surface area (Å²) in [6.45, 7) is 12.9. The fourth-order valence-corrected chi connectivity index (χ4v) is 1.99. The molecule has 14 heavy (non-hydrogen) atoms. The van der Waals surface area contributed by atoms with E-state index in [1.165, 1.54) is 5.57 Å². The fraction of sp³-hybridized carbons (Fsp3) is 0.692. The average Bonchev–Trinajstić information content (AvgIpc) is 2.02. The number of rotatable bonds is 4. The first kappa shape index (κ1) is 13.3. The van der Waals surface area contributed by atoms with Crippen LogP contribution in [0.15, 0.2) is 23.4 Å². The van der Waals surface area contributed by atoms with Crippen LogP contribution in [-0.2, 0) is 0 Å². The lowest BCUT2D eigenvalue weighted by atomic mass is 9.79. The monoisotopic (exact) mass is 195 g/mol. The number of hydrogen-bond donors (Lipinski definition) is 1. The Balaban J connectivity index is 4.57. The molecule has 0 saturated carbocycles. The van der Waals surface area contributed by atoms with Gasteiger partial charge in [0.2, 0.25) is 0 Å². The van der Waals surface area contributed by atoms with Crippen molar-refractivity contribution in [1.82, 2.24) is 0 Å². The van der Waals surface area contributed by atoms with Crippen LogP contribution in [0.2, 0.25) is 0 Å². The molecule has 0 radical (unpaired) electrons. The summed E-state index contributed by atoms with van der Waals surface area (Å²) in [6, 6.07) is 0. The van der Waals surface area contributed by atoms with Crippen LogP contribution < -0.4 is 5.73 Å². The van der Waals surface area contributed by atoms with Gasteiger partial charge >= 0.3 is 0 Å². The molecular formula is C13H25N. The first-order chi connectivity index (χ1) is 6.31. The second-order valence-corrected chi connectivity index (χ2v) is 5.00. The van der Waals surface area contributed by atoms with E-state index in [1.807, 2.05) is 0 Å². The average molecular weight is 195 g/mol. The van der Waals surface area contributed by atoms with Crippen molar-refractivity contribution < 1.29 is 0 Å². The summed E-state index contributed by atoms with van der Waals surface area (Å²) in [4.78, 5) is 0. The molecular weight excluding hydrogens is 170 g/mol. The zero-order chi connectivity index (χ0) is 11.4. The number of hydrogen-bond acceptors (Lipinski definition) is 1. The Bertz CT molecular complexity index is 230. The Labute approximate surface area is 89.1 Å². The van der Waals surface area contributed by atoms with E-state index in [-0.39, 0.29) is 5.41 Å². The van der Waals surface area contributed by atoms with Gasteiger partial charge in [-0.05, 0) is 33.1 Å². The highest BCUT2D eigenvalue weighted by Crippen LogP contribution is 2.32. The minimum atomic E-state index is 0.109. The molecule has 0 aliphatic heterocycles. The maximum absolute atomic E-state index is 6.09. The van der Waals surface area contributed by atoms with Gasteiger partial charge in [0.1, 0.15) is 0 Å². The molecule has 0 amide bonds. The Morgan fingerprint density at radius 1 is 1.36 bits per heavy atom. The third kappa shape index (κ3) is 3.99. The van der Waals surface area contributed by atoms with E-state index >= 15 is 0 Å². The van der Waals surface area contributed by atoms with Crippen molar-refractivity contribution in [1.29, 1.82) is 0 Å². The predicted molar refractivity (Wildman–Crippen MR) is 64.9 cm³/mol. The number of allylic oxidation sites excluding steroid dienone is 4. The van der Waals surface area contributed by atoms with Gasteiger partial charge in [0.05, 0.1) is 0 Å².